The van der Waals surface area contributed by atoms with Gasteiger partial charge in [-0.15, -0.1) is 0 Å². The van der Waals surface area contributed by atoms with E-state index in [9.17, 15) is 4.79 Å². The number of thiazole rings is 1. The minimum Gasteiger partial charge on any atom is -0.496 e. The molecule has 0 aliphatic carbocycles. The number of aromatic nitrogens is 1. The number of carbonyl (C=O) groups is 1. The summed E-state index contributed by atoms with van der Waals surface area (Å²) in [5, 5.41) is 3.95. The van der Waals surface area contributed by atoms with Crippen molar-refractivity contribution < 1.29 is 14.3 Å². The Morgan fingerprint density at radius 3 is 2.89 bits per heavy atom. The van der Waals surface area contributed by atoms with Gasteiger partial charge in [0.15, 0.2) is 5.13 Å². The molecule has 1 aliphatic rings. The number of halogens is 1. The van der Waals surface area contributed by atoms with Gasteiger partial charge in [0, 0.05) is 35.2 Å². The van der Waals surface area contributed by atoms with Crippen molar-refractivity contribution in [1.82, 2.24) is 10.3 Å². The van der Waals surface area contributed by atoms with E-state index in [0.717, 1.165) is 57.4 Å². The first kappa shape index (κ1) is 19.2. The maximum absolute atomic E-state index is 12.6. The summed E-state index contributed by atoms with van der Waals surface area (Å²) in [5.41, 5.74) is 2.45. The molecule has 1 aromatic heterocycles. The summed E-state index contributed by atoms with van der Waals surface area (Å²) < 4.78 is 12.7. The van der Waals surface area contributed by atoms with Gasteiger partial charge in [-0.1, -0.05) is 27.3 Å². The van der Waals surface area contributed by atoms with Crippen LogP contribution in [0.5, 0.6) is 5.75 Å². The van der Waals surface area contributed by atoms with Gasteiger partial charge in [-0.05, 0) is 36.4 Å². The molecule has 1 fully saturated rings. The highest BCUT2D eigenvalue weighted by atomic mass is 79.9. The summed E-state index contributed by atoms with van der Waals surface area (Å²) in [6.45, 7) is 3.54. The molecule has 6 nitrogen and oxygen atoms in total. The van der Waals surface area contributed by atoms with E-state index in [-0.39, 0.29) is 5.91 Å². The number of hydrogen-bond donors (Lipinski definition) is 1. The maximum atomic E-state index is 12.6. The van der Waals surface area contributed by atoms with Gasteiger partial charge < -0.3 is 19.7 Å². The number of morpholine rings is 1. The van der Waals surface area contributed by atoms with Crippen LogP contribution in [0.25, 0.3) is 10.2 Å². The van der Waals surface area contributed by atoms with Gasteiger partial charge in [-0.3, -0.25) is 4.79 Å². The largest absolute Gasteiger partial charge is 0.496 e. The Hall–Kier alpha value is -2.16. The van der Waals surface area contributed by atoms with Crippen molar-refractivity contribution in [3.05, 3.63) is 52.0 Å². The zero-order chi connectivity index (χ0) is 19.5. The molecule has 1 amide bonds. The van der Waals surface area contributed by atoms with Gasteiger partial charge in [-0.25, -0.2) is 4.98 Å². The van der Waals surface area contributed by atoms with E-state index < -0.39 is 0 Å². The smallest absolute Gasteiger partial charge is 0.251 e. The number of amides is 1. The first-order valence-corrected chi connectivity index (χ1v) is 10.6. The van der Waals surface area contributed by atoms with Crippen molar-refractivity contribution in [3.8, 4) is 5.75 Å². The van der Waals surface area contributed by atoms with Crippen LogP contribution in [-0.4, -0.2) is 44.3 Å². The number of methoxy groups -OCH3 is 1. The predicted octanol–water partition coefficient (Wildman–Crippen LogP) is 3.83. The van der Waals surface area contributed by atoms with Crippen LogP contribution < -0.4 is 15.0 Å². The van der Waals surface area contributed by atoms with Crippen LogP contribution in [0.2, 0.25) is 0 Å². The van der Waals surface area contributed by atoms with Gasteiger partial charge in [0.1, 0.15) is 5.75 Å². The third kappa shape index (κ3) is 4.14. The van der Waals surface area contributed by atoms with Crippen LogP contribution in [0.15, 0.2) is 40.9 Å². The molecule has 2 aromatic carbocycles. The number of rotatable bonds is 5. The number of nitrogens with zero attached hydrogens (tertiary/aromatic N) is 2. The highest BCUT2D eigenvalue weighted by molar-refractivity contribution is 9.10. The number of benzene rings is 2. The number of anilines is 1. The van der Waals surface area contributed by atoms with Crippen molar-refractivity contribution in [1.29, 1.82) is 0 Å². The standard InChI is InChI=1S/C20H20BrN3O3S/c1-26-17-5-3-15(21)10-14(17)12-22-19(25)13-2-4-16-18(11-13)28-20(23-16)24-6-8-27-9-7-24/h2-5,10-11H,6-9,12H2,1H3,(H,22,25). The minimum atomic E-state index is -0.120. The third-order valence-electron chi connectivity index (χ3n) is 4.60. The lowest BCUT2D eigenvalue weighted by atomic mass is 10.1. The summed E-state index contributed by atoms with van der Waals surface area (Å²) in [5.74, 6) is 0.627. The molecule has 0 spiro atoms. The van der Waals surface area contributed by atoms with E-state index in [2.05, 4.69) is 26.1 Å². The SMILES string of the molecule is COc1ccc(Br)cc1CNC(=O)c1ccc2nc(N3CCOCC3)sc2c1. The van der Waals surface area contributed by atoms with Gasteiger partial charge >= 0.3 is 0 Å². The van der Waals surface area contributed by atoms with Crippen LogP contribution in [0.3, 0.4) is 0 Å². The number of nitrogens with one attached hydrogen (secondary N) is 1. The second kappa shape index (κ2) is 8.46. The van der Waals surface area contributed by atoms with Gasteiger partial charge in [0.05, 0.1) is 30.5 Å². The third-order valence-corrected chi connectivity index (χ3v) is 6.18. The zero-order valence-corrected chi connectivity index (χ0v) is 17.8. The van der Waals surface area contributed by atoms with Crippen molar-refractivity contribution >= 4 is 48.5 Å². The van der Waals surface area contributed by atoms with E-state index in [4.69, 9.17) is 14.5 Å². The van der Waals surface area contributed by atoms with Crippen LogP contribution in [0.4, 0.5) is 5.13 Å². The Kier molecular flexibility index (Phi) is 5.79. The molecule has 1 N–H and O–H groups in total. The molecular formula is C20H20BrN3O3S. The molecule has 0 saturated carbocycles. The number of ether oxygens (including phenoxy) is 2. The van der Waals surface area contributed by atoms with Crippen molar-refractivity contribution in [2.24, 2.45) is 0 Å². The molecule has 0 bridgehead atoms. The normalized spacial score (nSPS) is 14.3. The molecule has 2 heterocycles. The molecule has 0 radical (unpaired) electrons. The quantitative estimate of drug-likeness (QED) is 0.625. The van der Waals surface area contributed by atoms with Gasteiger partial charge in [0.2, 0.25) is 0 Å². The molecular weight excluding hydrogens is 442 g/mol. The van der Waals surface area contributed by atoms with E-state index in [1.807, 2.05) is 36.4 Å². The summed E-state index contributed by atoms with van der Waals surface area (Å²) in [4.78, 5) is 19.6. The monoisotopic (exact) mass is 461 g/mol. The lowest BCUT2D eigenvalue weighted by molar-refractivity contribution is 0.0951. The molecule has 1 saturated heterocycles. The maximum Gasteiger partial charge on any atom is 0.251 e. The fraction of sp³-hybridized carbons (Fsp3) is 0.300. The average Bonchev–Trinajstić information content (AvgIpc) is 3.16. The van der Waals surface area contributed by atoms with Crippen molar-refractivity contribution in [2.75, 3.05) is 38.3 Å². The van der Waals surface area contributed by atoms with Gasteiger partial charge in [-0.2, -0.15) is 0 Å². The molecule has 28 heavy (non-hydrogen) atoms. The van der Waals surface area contributed by atoms with E-state index in [1.54, 1.807) is 18.4 Å². The highest BCUT2D eigenvalue weighted by Crippen LogP contribution is 2.30. The fourth-order valence-corrected chi connectivity index (χ4v) is 4.57. The minimum absolute atomic E-state index is 0.120. The Labute approximate surface area is 175 Å². The van der Waals surface area contributed by atoms with Crippen molar-refractivity contribution in [2.45, 2.75) is 6.54 Å². The fourth-order valence-electron chi connectivity index (χ4n) is 3.11. The van der Waals surface area contributed by atoms with Crippen LogP contribution in [0.1, 0.15) is 15.9 Å². The van der Waals surface area contributed by atoms with Gasteiger partial charge in [0.25, 0.3) is 5.91 Å². The summed E-state index contributed by atoms with van der Waals surface area (Å²) in [6, 6.07) is 11.4. The Bertz CT molecular complexity index is 1000. The second-order valence-electron chi connectivity index (χ2n) is 6.42. The second-order valence-corrected chi connectivity index (χ2v) is 8.34. The molecule has 146 valence electrons. The predicted molar refractivity (Wildman–Crippen MR) is 115 cm³/mol. The Morgan fingerprint density at radius 2 is 2.11 bits per heavy atom. The average molecular weight is 462 g/mol. The molecule has 8 heteroatoms. The Morgan fingerprint density at radius 1 is 1.29 bits per heavy atom. The molecule has 0 unspecified atom stereocenters. The zero-order valence-electron chi connectivity index (χ0n) is 15.4. The molecule has 0 atom stereocenters. The summed E-state index contributed by atoms with van der Waals surface area (Å²) in [6.07, 6.45) is 0. The first-order chi connectivity index (χ1) is 13.6. The lowest BCUT2D eigenvalue weighted by Gasteiger charge is -2.25. The summed E-state index contributed by atoms with van der Waals surface area (Å²) in [7, 11) is 1.62. The van der Waals surface area contributed by atoms with E-state index in [1.165, 1.54) is 0 Å². The van der Waals surface area contributed by atoms with Crippen molar-refractivity contribution in [3.63, 3.8) is 0 Å². The van der Waals surface area contributed by atoms with Crippen LogP contribution in [0, 0.1) is 0 Å². The first-order valence-electron chi connectivity index (χ1n) is 8.98. The molecule has 1 aliphatic heterocycles. The number of fused-ring (bicyclic) bond motifs is 1. The lowest BCUT2D eigenvalue weighted by Crippen LogP contribution is -2.36. The molecule has 3 aromatic rings. The van der Waals surface area contributed by atoms with E-state index in [0.29, 0.717) is 12.1 Å². The highest BCUT2D eigenvalue weighted by Gasteiger charge is 2.16. The number of hydrogen-bond acceptors (Lipinski definition) is 6. The van der Waals surface area contributed by atoms with Crippen LogP contribution >= 0.6 is 27.3 Å². The Balaban J connectivity index is 1.49. The van der Waals surface area contributed by atoms with Crippen LogP contribution in [-0.2, 0) is 11.3 Å². The topological polar surface area (TPSA) is 63.7 Å². The summed E-state index contributed by atoms with van der Waals surface area (Å²) >= 11 is 5.06. The van der Waals surface area contributed by atoms with E-state index >= 15 is 0 Å². The number of carbonyl (C=O) groups excluding carboxylic acids is 1. The molecule has 4 rings (SSSR count).